The molecular formula is C39H54N2O11. The Bertz CT molecular complexity index is 1460. The van der Waals surface area contributed by atoms with Gasteiger partial charge in [-0.1, -0.05) is 65.5 Å². The summed E-state index contributed by atoms with van der Waals surface area (Å²) in [5.74, 6) is -3.42. The van der Waals surface area contributed by atoms with Crippen LogP contribution in [0.4, 0.5) is 0 Å². The second kappa shape index (κ2) is 19.1. The number of aliphatic hydroxyl groups is 1. The fraction of sp³-hybridized carbons (Fsp3) is 0.615. The predicted molar refractivity (Wildman–Crippen MR) is 190 cm³/mol. The number of nitrogens with one attached hydrogen (secondary N) is 2. The molecule has 2 fully saturated rings. The number of unbranched alkanes of at least 4 members (excludes halogenated alkanes) is 4. The Morgan fingerprint density at radius 2 is 1.63 bits per heavy atom. The fourth-order valence-electron chi connectivity index (χ4n) is 6.48. The third kappa shape index (κ3) is 11.2. The molecule has 3 aliphatic rings. The summed E-state index contributed by atoms with van der Waals surface area (Å²) in [5, 5.41) is 14.3. The van der Waals surface area contributed by atoms with Crippen molar-refractivity contribution in [2.24, 2.45) is 5.41 Å². The zero-order chi connectivity index (χ0) is 37.7. The number of rotatable bonds is 19. The molecule has 1 aromatic rings. The number of aliphatic hydroxyl groups excluding tert-OH is 1. The van der Waals surface area contributed by atoms with Crippen LogP contribution in [0.2, 0.25) is 0 Å². The maximum Gasteiger partial charge on any atom is 0.348 e. The van der Waals surface area contributed by atoms with E-state index in [1.807, 2.05) is 0 Å². The lowest BCUT2D eigenvalue weighted by atomic mass is 9.90. The lowest BCUT2D eigenvalue weighted by Crippen LogP contribution is -2.44. The second-order valence-corrected chi connectivity index (χ2v) is 14.3. The molecule has 2 amide bonds. The zero-order valence-corrected chi connectivity index (χ0v) is 30.8. The fourth-order valence-corrected chi connectivity index (χ4v) is 6.48. The summed E-state index contributed by atoms with van der Waals surface area (Å²) in [6, 6.07) is 6.44. The van der Waals surface area contributed by atoms with Crippen molar-refractivity contribution in [3.63, 3.8) is 0 Å². The molecular weight excluding hydrogens is 672 g/mol. The van der Waals surface area contributed by atoms with Gasteiger partial charge in [0, 0.05) is 55.8 Å². The molecule has 286 valence electrons. The number of benzene rings is 1. The zero-order valence-electron chi connectivity index (χ0n) is 30.8. The van der Waals surface area contributed by atoms with Crippen LogP contribution in [0.1, 0.15) is 108 Å². The van der Waals surface area contributed by atoms with Gasteiger partial charge in [0.2, 0.25) is 17.9 Å². The normalized spacial score (nSPS) is 23.0. The summed E-state index contributed by atoms with van der Waals surface area (Å²) in [6.45, 7) is 8.05. The van der Waals surface area contributed by atoms with Crippen LogP contribution < -0.4 is 10.6 Å². The monoisotopic (exact) mass is 726 g/mol. The van der Waals surface area contributed by atoms with E-state index >= 15 is 0 Å². The van der Waals surface area contributed by atoms with Crippen molar-refractivity contribution in [1.82, 2.24) is 10.6 Å². The molecule has 2 aliphatic heterocycles. The summed E-state index contributed by atoms with van der Waals surface area (Å²) in [4.78, 5) is 63.2. The number of carbonyl (C=O) groups is 5. The smallest absolute Gasteiger partial charge is 0.348 e. The minimum Gasteiger partial charge on any atom is -0.462 e. The van der Waals surface area contributed by atoms with E-state index in [2.05, 4.69) is 24.5 Å². The number of esters is 3. The van der Waals surface area contributed by atoms with Crippen LogP contribution in [0.5, 0.6) is 0 Å². The topological polar surface area (TPSA) is 176 Å². The largest absolute Gasteiger partial charge is 0.462 e. The molecule has 1 aliphatic carbocycles. The second-order valence-electron chi connectivity index (χ2n) is 14.3. The van der Waals surface area contributed by atoms with Crippen LogP contribution >= 0.6 is 0 Å². The van der Waals surface area contributed by atoms with Crippen molar-refractivity contribution in [3.05, 3.63) is 53.1 Å². The van der Waals surface area contributed by atoms with Crippen LogP contribution in [0.25, 0.3) is 6.08 Å². The molecule has 1 aromatic carbocycles. The van der Waals surface area contributed by atoms with Gasteiger partial charge in [-0.2, -0.15) is 0 Å². The highest BCUT2D eigenvalue weighted by Crippen LogP contribution is 2.43. The lowest BCUT2D eigenvalue weighted by molar-refractivity contribution is -0.190. The molecule has 0 spiro atoms. The summed E-state index contributed by atoms with van der Waals surface area (Å²) < 4.78 is 29.7. The lowest BCUT2D eigenvalue weighted by Gasteiger charge is -2.31. The van der Waals surface area contributed by atoms with Crippen LogP contribution in [0.3, 0.4) is 0 Å². The van der Waals surface area contributed by atoms with Crippen molar-refractivity contribution in [1.29, 1.82) is 0 Å². The highest BCUT2D eigenvalue weighted by molar-refractivity contribution is 5.95. The first-order valence-corrected chi connectivity index (χ1v) is 18.5. The summed E-state index contributed by atoms with van der Waals surface area (Å²) in [7, 11) is 0. The average molecular weight is 727 g/mol. The number of hydrogen-bond acceptors (Lipinski definition) is 11. The number of fused-ring (bicyclic) bond motifs is 1. The highest BCUT2D eigenvalue weighted by atomic mass is 16.8. The Balaban J connectivity index is 1.45. The van der Waals surface area contributed by atoms with Gasteiger partial charge >= 0.3 is 17.9 Å². The molecule has 4 atom stereocenters. The molecule has 13 heteroatoms. The van der Waals surface area contributed by atoms with Crippen molar-refractivity contribution in [2.75, 3.05) is 26.3 Å². The van der Waals surface area contributed by atoms with Gasteiger partial charge in [0.1, 0.15) is 24.9 Å². The number of cyclic esters (lactones) is 1. The first kappa shape index (κ1) is 40.7. The Kier molecular flexibility index (Phi) is 15.0. The van der Waals surface area contributed by atoms with E-state index < -0.39 is 59.4 Å². The van der Waals surface area contributed by atoms with Crippen LogP contribution in [0, 0.1) is 5.41 Å². The number of ether oxygens (including phenoxy) is 5. The number of hydrogen-bond donors (Lipinski definition) is 3. The Morgan fingerprint density at radius 1 is 0.942 bits per heavy atom. The van der Waals surface area contributed by atoms with E-state index in [-0.39, 0.29) is 50.6 Å². The van der Waals surface area contributed by atoms with Gasteiger partial charge in [-0.25, -0.2) is 14.4 Å². The maximum atomic E-state index is 13.5. The minimum atomic E-state index is -0.987. The van der Waals surface area contributed by atoms with Crippen molar-refractivity contribution >= 4 is 35.8 Å². The number of amides is 2. The van der Waals surface area contributed by atoms with E-state index in [0.717, 1.165) is 38.5 Å². The molecule has 2 heterocycles. The average Bonchev–Trinajstić information content (AvgIpc) is 3.62. The van der Waals surface area contributed by atoms with Gasteiger partial charge in [0.05, 0.1) is 12.2 Å². The van der Waals surface area contributed by atoms with E-state index in [1.165, 1.54) is 12.2 Å². The Morgan fingerprint density at radius 3 is 2.25 bits per heavy atom. The van der Waals surface area contributed by atoms with Crippen molar-refractivity contribution in [3.8, 4) is 0 Å². The van der Waals surface area contributed by atoms with Gasteiger partial charge < -0.3 is 39.4 Å². The van der Waals surface area contributed by atoms with Crippen molar-refractivity contribution in [2.45, 2.75) is 122 Å². The van der Waals surface area contributed by atoms with Crippen LogP contribution in [0.15, 0.2) is 42.0 Å². The molecule has 0 saturated carbocycles. The van der Waals surface area contributed by atoms with E-state index in [9.17, 15) is 24.0 Å². The Hall–Kier alpha value is -4.07. The summed E-state index contributed by atoms with van der Waals surface area (Å²) in [5.41, 5.74) is 0.625. The van der Waals surface area contributed by atoms with Gasteiger partial charge in [-0.3, -0.25) is 9.59 Å². The molecule has 0 radical (unpaired) electrons. The van der Waals surface area contributed by atoms with Gasteiger partial charge in [0.15, 0.2) is 5.79 Å². The van der Waals surface area contributed by atoms with Crippen molar-refractivity contribution < 1.29 is 52.8 Å². The summed E-state index contributed by atoms with van der Waals surface area (Å²) >= 11 is 0. The van der Waals surface area contributed by atoms with E-state index in [0.29, 0.717) is 24.0 Å². The molecule has 0 unspecified atom stereocenters. The molecule has 3 N–H and O–H groups in total. The quantitative estimate of drug-likeness (QED) is 0.0802. The Labute approximate surface area is 305 Å². The maximum absolute atomic E-state index is 13.5. The van der Waals surface area contributed by atoms with Gasteiger partial charge in [-0.05, 0) is 42.7 Å². The van der Waals surface area contributed by atoms with E-state index in [4.69, 9.17) is 28.8 Å². The van der Waals surface area contributed by atoms with Crippen LogP contribution in [-0.4, -0.2) is 91.3 Å². The molecule has 4 rings (SSSR count). The molecule has 0 aromatic heterocycles. The molecule has 52 heavy (non-hydrogen) atoms. The predicted octanol–water partition coefficient (Wildman–Crippen LogP) is 4.31. The first-order valence-electron chi connectivity index (χ1n) is 18.5. The third-order valence-corrected chi connectivity index (χ3v) is 9.43. The SMILES string of the molecule is CCCCCC1(CCCCC)O[C@@H]2[C@@H](C=C(C(=O)NCCC(=O)NCCO)C[C@H]2OC(=O)c2ccc(C=CC(=O)O[C@H]3C(=O)OCC3(C)C)cc2)O1. The number of carbonyl (C=O) groups excluding carboxylic acids is 5. The first-order chi connectivity index (χ1) is 24.9. The highest BCUT2D eigenvalue weighted by Gasteiger charge is 2.52. The molecule has 2 saturated heterocycles. The summed E-state index contributed by atoms with van der Waals surface area (Å²) in [6.07, 6.45) is 8.85. The molecule has 0 bridgehead atoms. The molecule has 13 nitrogen and oxygen atoms in total. The third-order valence-electron chi connectivity index (χ3n) is 9.43. The van der Waals surface area contributed by atoms with Gasteiger partial charge in [0.25, 0.3) is 0 Å². The van der Waals surface area contributed by atoms with Crippen LogP contribution in [-0.2, 0) is 42.9 Å². The standard InChI is InChI=1S/C39H54N2O11/c1-5-7-9-18-39(19-10-8-6-2)51-30-24-28(35(45)41-20-17-31(43)40-21-22-42)23-29(33(30)52-39)49-36(46)27-14-11-26(12-15-27)13-16-32(44)50-34-37(47)48-25-38(34,3)4/h11-16,24,29-30,33-34,42H,5-10,17-23,25H2,1-4H3,(H,40,43)(H,41,45)/t29-,30-,33+,34+/m1/s1. The minimum absolute atomic E-state index is 0.0424. The van der Waals surface area contributed by atoms with Gasteiger partial charge in [-0.15, -0.1) is 0 Å². The van der Waals surface area contributed by atoms with E-state index in [1.54, 1.807) is 44.2 Å².